The molecule has 1 aliphatic rings. The summed E-state index contributed by atoms with van der Waals surface area (Å²) in [5.41, 5.74) is 1.28. The van der Waals surface area contributed by atoms with E-state index < -0.39 is 0 Å². The number of rotatable bonds is 2. The van der Waals surface area contributed by atoms with E-state index in [0.717, 1.165) is 29.9 Å². The lowest BCUT2D eigenvalue weighted by atomic mass is 9.90. The van der Waals surface area contributed by atoms with Gasteiger partial charge in [0.2, 0.25) is 0 Å². The monoisotopic (exact) mass is 284 g/mol. The number of methoxy groups -OCH3 is 1. The summed E-state index contributed by atoms with van der Waals surface area (Å²) >= 11 is 3.52. The number of hydrogen-bond donors (Lipinski definition) is 2. The summed E-state index contributed by atoms with van der Waals surface area (Å²) in [6, 6.07) is 6.24. The van der Waals surface area contributed by atoms with Gasteiger partial charge < -0.3 is 15.4 Å². The van der Waals surface area contributed by atoms with Gasteiger partial charge in [-0.15, -0.1) is 0 Å². The van der Waals surface area contributed by atoms with Crippen LogP contribution in [0.3, 0.4) is 0 Å². The van der Waals surface area contributed by atoms with Crippen LogP contribution in [0.4, 0.5) is 0 Å². The molecule has 1 atom stereocenters. The van der Waals surface area contributed by atoms with Crippen molar-refractivity contribution in [3.8, 4) is 5.75 Å². The number of hydrogen-bond acceptors (Lipinski definition) is 3. The Hall–Kier alpha value is -0.580. The second kappa shape index (κ2) is 4.73. The van der Waals surface area contributed by atoms with Gasteiger partial charge in [-0.2, -0.15) is 0 Å². The Labute approximate surface area is 105 Å². The Morgan fingerprint density at radius 2 is 2.19 bits per heavy atom. The third-order valence-corrected chi connectivity index (χ3v) is 3.70. The molecule has 88 valence electrons. The fraction of sp³-hybridized carbons (Fsp3) is 0.500. The summed E-state index contributed by atoms with van der Waals surface area (Å²) in [5.74, 6) is 0.871. The molecule has 1 saturated heterocycles. The van der Waals surface area contributed by atoms with E-state index in [1.54, 1.807) is 7.11 Å². The van der Waals surface area contributed by atoms with Crippen molar-refractivity contribution in [1.29, 1.82) is 0 Å². The Morgan fingerprint density at radius 1 is 1.38 bits per heavy atom. The van der Waals surface area contributed by atoms with Gasteiger partial charge in [0, 0.05) is 19.6 Å². The normalized spacial score (nSPS) is 25.4. The lowest BCUT2D eigenvalue weighted by Crippen LogP contribution is -2.54. The first-order valence-corrected chi connectivity index (χ1v) is 6.25. The first-order valence-electron chi connectivity index (χ1n) is 5.45. The minimum Gasteiger partial charge on any atom is -0.496 e. The second-order valence-electron chi connectivity index (χ2n) is 4.28. The molecule has 0 aliphatic carbocycles. The van der Waals surface area contributed by atoms with E-state index >= 15 is 0 Å². The number of halogens is 1. The third-order valence-electron chi connectivity index (χ3n) is 3.08. The van der Waals surface area contributed by atoms with Crippen LogP contribution in [0.1, 0.15) is 12.5 Å². The van der Waals surface area contributed by atoms with Crippen molar-refractivity contribution in [3.63, 3.8) is 0 Å². The van der Waals surface area contributed by atoms with Crippen LogP contribution < -0.4 is 15.4 Å². The minimum absolute atomic E-state index is 0.00699. The smallest absolute Gasteiger partial charge is 0.133 e. The Kier molecular flexibility index (Phi) is 3.52. The Morgan fingerprint density at radius 3 is 2.75 bits per heavy atom. The average Bonchev–Trinajstić information content (AvgIpc) is 2.30. The molecule has 0 spiro atoms. The van der Waals surface area contributed by atoms with Crippen molar-refractivity contribution in [2.75, 3.05) is 26.7 Å². The van der Waals surface area contributed by atoms with E-state index in [2.05, 4.69) is 45.6 Å². The zero-order valence-electron chi connectivity index (χ0n) is 9.64. The molecule has 16 heavy (non-hydrogen) atoms. The molecule has 0 amide bonds. The van der Waals surface area contributed by atoms with E-state index in [-0.39, 0.29) is 5.54 Å². The highest BCUT2D eigenvalue weighted by molar-refractivity contribution is 9.10. The molecular formula is C12H17BrN2O. The molecule has 4 heteroatoms. The summed E-state index contributed by atoms with van der Waals surface area (Å²) in [7, 11) is 1.68. The van der Waals surface area contributed by atoms with Gasteiger partial charge in [0.15, 0.2) is 0 Å². The molecule has 3 nitrogen and oxygen atoms in total. The Bertz CT molecular complexity index is 375. The first-order chi connectivity index (χ1) is 7.65. The van der Waals surface area contributed by atoms with Gasteiger partial charge in [0.05, 0.1) is 17.1 Å². The quantitative estimate of drug-likeness (QED) is 0.870. The number of benzene rings is 1. The lowest BCUT2D eigenvalue weighted by Gasteiger charge is -2.36. The van der Waals surface area contributed by atoms with Crippen molar-refractivity contribution in [1.82, 2.24) is 10.6 Å². The summed E-state index contributed by atoms with van der Waals surface area (Å²) in [6.07, 6.45) is 0. The van der Waals surface area contributed by atoms with E-state index in [1.807, 2.05) is 6.07 Å². The third kappa shape index (κ3) is 2.24. The van der Waals surface area contributed by atoms with Crippen molar-refractivity contribution < 1.29 is 4.74 Å². The van der Waals surface area contributed by atoms with E-state index in [4.69, 9.17) is 4.74 Å². The molecule has 1 heterocycles. The lowest BCUT2D eigenvalue weighted by molar-refractivity contribution is 0.302. The number of nitrogens with one attached hydrogen (secondary N) is 2. The number of ether oxygens (including phenoxy) is 1. The predicted octanol–water partition coefficient (Wildman–Crippen LogP) is 1.87. The van der Waals surface area contributed by atoms with Gasteiger partial charge in [0.1, 0.15) is 5.75 Å². The zero-order valence-corrected chi connectivity index (χ0v) is 11.2. The molecular weight excluding hydrogens is 268 g/mol. The van der Waals surface area contributed by atoms with Crippen LogP contribution in [0.2, 0.25) is 0 Å². The molecule has 0 bridgehead atoms. The Balaban J connectivity index is 2.29. The van der Waals surface area contributed by atoms with Crippen molar-refractivity contribution >= 4 is 15.9 Å². The fourth-order valence-corrected chi connectivity index (χ4v) is 2.58. The van der Waals surface area contributed by atoms with Crippen molar-refractivity contribution in [2.45, 2.75) is 12.5 Å². The molecule has 2 rings (SSSR count). The second-order valence-corrected chi connectivity index (χ2v) is 5.14. The molecule has 0 aromatic heterocycles. The van der Waals surface area contributed by atoms with Gasteiger partial charge in [-0.05, 0) is 40.5 Å². The highest BCUT2D eigenvalue weighted by Gasteiger charge is 2.28. The van der Waals surface area contributed by atoms with Crippen LogP contribution in [0.25, 0.3) is 0 Å². The van der Waals surface area contributed by atoms with Gasteiger partial charge in [-0.25, -0.2) is 0 Å². The van der Waals surface area contributed by atoms with Crippen molar-refractivity contribution in [2.24, 2.45) is 0 Å². The minimum atomic E-state index is 0.00699. The van der Waals surface area contributed by atoms with Crippen molar-refractivity contribution in [3.05, 3.63) is 28.2 Å². The van der Waals surface area contributed by atoms with Gasteiger partial charge >= 0.3 is 0 Å². The first kappa shape index (κ1) is 11.9. The van der Waals surface area contributed by atoms with E-state index in [9.17, 15) is 0 Å². The largest absolute Gasteiger partial charge is 0.496 e. The van der Waals surface area contributed by atoms with Crippen LogP contribution in [-0.2, 0) is 5.54 Å². The molecule has 1 fully saturated rings. The summed E-state index contributed by atoms with van der Waals surface area (Å²) in [5, 5.41) is 6.97. The van der Waals surface area contributed by atoms with Gasteiger partial charge in [-0.3, -0.25) is 0 Å². The standard InChI is InChI=1S/C12H17BrN2O/c1-12(8-14-5-6-15-12)9-3-4-11(16-2)10(13)7-9/h3-4,7,14-15H,5-6,8H2,1-2H3. The van der Waals surface area contributed by atoms with E-state index in [1.165, 1.54) is 5.56 Å². The average molecular weight is 285 g/mol. The van der Waals surface area contributed by atoms with Gasteiger partial charge in [0.25, 0.3) is 0 Å². The molecule has 0 radical (unpaired) electrons. The number of piperazine rings is 1. The van der Waals surface area contributed by atoms with Crippen LogP contribution >= 0.6 is 15.9 Å². The molecule has 1 unspecified atom stereocenters. The molecule has 1 aromatic carbocycles. The van der Waals surface area contributed by atoms with Gasteiger partial charge in [-0.1, -0.05) is 6.07 Å². The van der Waals surface area contributed by atoms with Crippen LogP contribution in [0.5, 0.6) is 5.75 Å². The fourth-order valence-electron chi connectivity index (χ4n) is 2.04. The maximum absolute atomic E-state index is 5.24. The molecule has 0 saturated carbocycles. The van der Waals surface area contributed by atoms with Crippen LogP contribution in [-0.4, -0.2) is 26.7 Å². The summed E-state index contributed by atoms with van der Waals surface area (Å²) < 4.78 is 6.24. The van der Waals surface area contributed by atoms with E-state index in [0.29, 0.717) is 0 Å². The topological polar surface area (TPSA) is 33.3 Å². The summed E-state index contributed by atoms with van der Waals surface area (Å²) in [4.78, 5) is 0. The highest BCUT2D eigenvalue weighted by Crippen LogP contribution is 2.30. The molecule has 2 N–H and O–H groups in total. The van der Waals surface area contributed by atoms with Crippen LogP contribution in [0, 0.1) is 0 Å². The molecule has 1 aromatic rings. The molecule has 1 aliphatic heterocycles. The summed E-state index contributed by atoms with van der Waals surface area (Å²) in [6.45, 7) is 5.20. The van der Waals surface area contributed by atoms with Crippen LogP contribution in [0.15, 0.2) is 22.7 Å². The highest BCUT2D eigenvalue weighted by atomic mass is 79.9. The maximum atomic E-state index is 5.24. The SMILES string of the molecule is COc1ccc(C2(C)CNCCN2)cc1Br. The maximum Gasteiger partial charge on any atom is 0.133 e. The predicted molar refractivity (Wildman–Crippen MR) is 68.9 cm³/mol. The zero-order chi connectivity index (χ0) is 11.6.